The van der Waals surface area contributed by atoms with Crippen molar-refractivity contribution < 1.29 is 0 Å². The molecule has 0 heterocycles. The fraction of sp³-hybridized carbons (Fsp3) is 0.429. The maximum absolute atomic E-state index is 4.85. The van der Waals surface area contributed by atoms with E-state index in [4.69, 9.17) is 6.42 Å². The van der Waals surface area contributed by atoms with Gasteiger partial charge in [-0.3, -0.25) is 0 Å². The molecule has 0 aromatic heterocycles. The highest BCUT2D eigenvalue weighted by Crippen LogP contribution is 1.79. The van der Waals surface area contributed by atoms with Crippen molar-refractivity contribution in [1.29, 1.82) is 0 Å². The number of hydrogen-bond acceptors (Lipinski definition) is 0. The van der Waals surface area contributed by atoms with Crippen molar-refractivity contribution in [3.63, 3.8) is 0 Å². The fourth-order valence-corrected chi connectivity index (χ4v) is 0.239. The van der Waals surface area contributed by atoms with Gasteiger partial charge in [0.2, 0.25) is 0 Å². The molecule has 0 aliphatic heterocycles. The molecular weight excluding hydrogens is 84.1 g/mol. The van der Waals surface area contributed by atoms with Crippen LogP contribution in [0.1, 0.15) is 19.8 Å². The third-order valence-corrected chi connectivity index (χ3v) is 0.536. The van der Waals surface area contributed by atoms with Gasteiger partial charge in [0.25, 0.3) is 0 Å². The highest BCUT2D eigenvalue weighted by atomic mass is 13.7. The Labute approximate surface area is 44.9 Å². The molecule has 0 bridgehead atoms. The van der Waals surface area contributed by atoms with Gasteiger partial charge >= 0.3 is 0 Å². The Bertz CT molecular complexity index is 115. The summed E-state index contributed by atoms with van der Waals surface area (Å²) in [5.74, 6) is 7.57. The summed E-state index contributed by atoms with van der Waals surface area (Å²) in [5, 5.41) is 0. The van der Waals surface area contributed by atoms with Crippen LogP contribution >= 0.6 is 0 Å². The van der Waals surface area contributed by atoms with Crippen molar-refractivity contribution in [3.8, 4) is 24.2 Å². The molecule has 0 heteroatoms. The van der Waals surface area contributed by atoms with Gasteiger partial charge in [0.15, 0.2) is 0 Å². The number of terminal acetylenes is 1. The first-order chi connectivity index (χ1) is 3.41. The summed E-state index contributed by atoms with van der Waals surface area (Å²) in [4.78, 5) is 0. The van der Waals surface area contributed by atoms with Crippen LogP contribution in [0.3, 0.4) is 0 Å². The minimum Gasteiger partial charge on any atom is -0.106 e. The molecule has 0 saturated carbocycles. The molecule has 0 atom stereocenters. The lowest BCUT2D eigenvalue weighted by Gasteiger charge is -1.71. The molecule has 0 aliphatic carbocycles. The van der Waals surface area contributed by atoms with Gasteiger partial charge in [-0.05, 0) is 18.3 Å². The van der Waals surface area contributed by atoms with Crippen molar-refractivity contribution in [2.24, 2.45) is 0 Å². The average molecular weight is 92.1 g/mol. The minimum absolute atomic E-state index is 0.921. The molecule has 0 aromatic rings. The summed E-state index contributed by atoms with van der Waals surface area (Å²) in [6, 6.07) is 0. The Kier molecular flexibility index (Phi) is 4.48. The van der Waals surface area contributed by atoms with Crippen molar-refractivity contribution in [3.05, 3.63) is 0 Å². The molecule has 0 aromatic carbocycles. The largest absolute Gasteiger partial charge is 0.106 e. The molecular formula is C7H8. The zero-order chi connectivity index (χ0) is 5.54. The van der Waals surface area contributed by atoms with Gasteiger partial charge in [-0.2, -0.15) is 0 Å². The van der Waals surface area contributed by atoms with Crippen LogP contribution in [0.25, 0.3) is 0 Å². The third kappa shape index (κ3) is 5.12. The van der Waals surface area contributed by atoms with Crippen LogP contribution in [0.4, 0.5) is 0 Å². The van der Waals surface area contributed by atoms with E-state index in [1.54, 1.807) is 0 Å². The molecule has 0 saturated heterocycles. The van der Waals surface area contributed by atoms with Crippen molar-refractivity contribution in [2.75, 3.05) is 0 Å². The van der Waals surface area contributed by atoms with Crippen LogP contribution in [-0.2, 0) is 0 Å². The summed E-state index contributed by atoms with van der Waals surface area (Å²) in [7, 11) is 0. The second kappa shape index (κ2) is 5.12. The van der Waals surface area contributed by atoms with Gasteiger partial charge in [-0.15, -0.1) is 6.42 Å². The van der Waals surface area contributed by atoms with E-state index in [0.717, 1.165) is 12.8 Å². The molecule has 36 valence electrons. The third-order valence-electron chi connectivity index (χ3n) is 0.536. The van der Waals surface area contributed by atoms with Crippen molar-refractivity contribution >= 4 is 0 Å². The van der Waals surface area contributed by atoms with E-state index < -0.39 is 0 Å². The number of rotatable bonds is 1. The first-order valence-electron chi connectivity index (χ1n) is 2.35. The molecule has 7 heavy (non-hydrogen) atoms. The van der Waals surface area contributed by atoms with Crippen LogP contribution < -0.4 is 0 Å². The highest BCUT2D eigenvalue weighted by molar-refractivity contribution is 5.21. The normalized spacial score (nSPS) is 5.71. The van der Waals surface area contributed by atoms with Gasteiger partial charge in [0.1, 0.15) is 0 Å². The van der Waals surface area contributed by atoms with Crippen LogP contribution in [0.5, 0.6) is 0 Å². The van der Waals surface area contributed by atoms with Crippen molar-refractivity contribution in [1.82, 2.24) is 0 Å². The lowest BCUT2D eigenvalue weighted by atomic mass is 10.3. The zero-order valence-electron chi connectivity index (χ0n) is 4.49. The van der Waals surface area contributed by atoms with E-state index >= 15 is 0 Å². The SMILES string of the molecule is C#CC#CCCC. The van der Waals surface area contributed by atoms with E-state index in [1.165, 1.54) is 0 Å². The van der Waals surface area contributed by atoms with E-state index in [-0.39, 0.29) is 0 Å². The second-order valence-corrected chi connectivity index (χ2v) is 1.20. The zero-order valence-corrected chi connectivity index (χ0v) is 4.49. The Hall–Kier alpha value is -0.880. The summed E-state index contributed by atoms with van der Waals surface area (Å²) < 4.78 is 0. The van der Waals surface area contributed by atoms with Gasteiger partial charge in [0.05, 0.1) is 0 Å². The van der Waals surface area contributed by atoms with E-state index in [1.807, 2.05) is 0 Å². The van der Waals surface area contributed by atoms with E-state index in [2.05, 4.69) is 24.7 Å². The topological polar surface area (TPSA) is 0 Å². The predicted molar refractivity (Wildman–Crippen MR) is 31.5 cm³/mol. The highest BCUT2D eigenvalue weighted by Gasteiger charge is 1.64. The first kappa shape index (κ1) is 6.12. The standard InChI is InChI=1S/C7H8/c1-3-5-7-6-4-2/h1H,4,6H2,2H3. The molecule has 0 spiro atoms. The first-order valence-corrected chi connectivity index (χ1v) is 2.35. The van der Waals surface area contributed by atoms with Crippen LogP contribution in [0.2, 0.25) is 0 Å². The molecule has 0 amide bonds. The molecule has 0 unspecified atom stereocenters. The molecule has 0 radical (unpaired) electrons. The summed E-state index contributed by atoms with van der Waals surface area (Å²) in [6.07, 6.45) is 6.86. The van der Waals surface area contributed by atoms with Crippen molar-refractivity contribution in [2.45, 2.75) is 19.8 Å². The van der Waals surface area contributed by atoms with Crippen LogP contribution in [-0.4, -0.2) is 0 Å². The molecule has 0 rings (SSSR count). The van der Waals surface area contributed by atoms with Gasteiger partial charge < -0.3 is 0 Å². The minimum atomic E-state index is 0.921. The van der Waals surface area contributed by atoms with Crippen LogP contribution in [0, 0.1) is 24.2 Å². The Balaban J connectivity index is 3.13. The molecule has 0 N–H and O–H groups in total. The second-order valence-electron chi connectivity index (χ2n) is 1.20. The fourth-order valence-electron chi connectivity index (χ4n) is 0.239. The Morgan fingerprint density at radius 3 is 2.71 bits per heavy atom. The maximum atomic E-state index is 4.85. The quantitative estimate of drug-likeness (QED) is 0.429. The van der Waals surface area contributed by atoms with Gasteiger partial charge in [0, 0.05) is 6.42 Å². The monoisotopic (exact) mass is 92.1 g/mol. The number of unbranched alkanes of at least 4 members (excludes halogenated alkanes) is 1. The van der Waals surface area contributed by atoms with Crippen LogP contribution in [0.15, 0.2) is 0 Å². The van der Waals surface area contributed by atoms with E-state index in [9.17, 15) is 0 Å². The summed E-state index contributed by atoms with van der Waals surface area (Å²) >= 11 is 0. The lowest BCUT2D eigenvalue weighted by molar-refractivity contribution is 0.983. The summed E-state index contributed by atoms with van der Waals surface area (Å²) in [5.41, 5.74) is 0. The number of hydrogen-bond donors (Lipinski definition) is 0. The molecule has 0 fully saturated rings. The maximum Gasteiger partial charge on any atom is 0.00963 e. The average Bonchev–Trinajstić information content (AvgIpc) is 1.69. The molecule has 0 aliphatic rings. The van der Waals surface area contributed by atoms with E-state index in [0.29, 0.717) is 0 Å². The van der Waals surface area contributed by atoms with Gasteiger partial charge in [-0.1, -0.05) is 12.8 Å². The predicted octanol–water partition coefficient (Wildman–Crippen LogP) is 1.42. The molecule has 0 nitrogen and oxygen atoms in total. The Morgan fingerprint density at radius 1 is 1.57 bits per heavy atom. The summed E-state index contributed by atoms with van der Waals surface area (Å²) in [6.45, 7) is 2.07. The Morgan fingerprint density at radius 2 is 2.29 bits per heavy atom. The smallest absolute Gasteiger partial charge is 0.00963 e. The van der Waals surface area contributed by atoms with Gasteiger partial charge in [-0.25, -0.2) is 0 Å². The lowest BCUT2D eigenvalue weighted by Crippen LogP contribution is -1.58.